The molecule has 0 bridgehead atoms. The van der Waals surface area contributed by atoms with E-state index >= 15 is 0 Å². The van der Waals surface area contributed by atoms with Gasteiger partial charge in [-0.25, -0.2) is 0 Å². The van der Waals surface area contributed by atoms with Gasteiger partial charge in [0.1, 0.15) is 0 Å². The molecule has 0 radical (unpaired) electrons. The maximum atomic E-state index is 12.0. The lowest BCUT2D eigenvalue weighted by Gasteiger charge is -2.13. The SMILES string of the molecule is C[C@H](OC(=O)CCCc1cccs1)C(=O)Nc1ccc(C#N)cc1. The smallest absolute Gasteiger partial charge is 0.306 e. The Morgan fingerprint density at radius 2 is 2.04 bits per heavy atom. The molecular weight excluding hydrogens is 324 g/mol. The first-order valence-corrected chi connectivity index (χ1v) is 8.49. The number of hydrogen-bond donors (Lipinski definition) is 1. The van der Waals surface area contributed by atoms with E-state index in [4.69, 9.17) is 10.00 Å². The van der Waals surface area contributed by atoms with Crippen LogP contribution in [0.25, 0.3) is 0 Å². The van der Waals surface area contributed by atoms with E-state index in [-0.39, 0.29) is 12.4 Å². The molecule has 5 nitrogen and oxygen atoms in total. The van der Waals surface area contributed by atoms with E-state index in [2.05, 4.69) is 5.32 Å². The second-order valence-electron chi connectivity index (χ2n) is 5.24. The van der Waals surface area contributed by atoms with Crippen LogP contribution in [0.5, 0.6) is 0 Å². The zero-order chi connectivity index (χ0) is 17.4. The molecule has 0 unspecified atom stereocenters. The second kappa shape index (κ2) is 8.85. The Morgan fingerprint density at radius 3 is 2.67 bits per heavy atom. The van der Waals surface area contributed by atoms with Gasteiger partial charge in [-0.05, 0) is 55.5 Å². The maximum absolute atomic E-state index is 12.0. The number of ether oxygens (including phenoxy) is 1. The highest BCUT2D eigenvalue weighted by molar-refractivity contribution is 7.09. The van der Waals surface area contributed by atoms with Crippen LogP contribution < -0.4 is 5.32 Å². The number of nitriles is 1. The average Bonchev–Trinajstić information content (AvgIpc) is 3.08. The van der Waals surface area contributed by atoms with Gasteiger partial charge in [-0.3, -0.25) is 9.59 Å². The summed E-state index contributed by atoms with van der Waals surface area (Å²) < 4.78 is 5.15. The van der Waals surface area contributed by atoms with Crippen LogP contribution in [0, 0.1) is 11.3 Å². The number of hydrogen-bond acceptors (Lipinski definition) is 5. The first-order valence-electron chi connectivity index (χ1n) is 7.61. The van der Waals surface area contributed by atoms with Crippen LogP contribution in [-0.2, 0) is 20.7 Å². The highest BCUT2D eigenvalue weighted by Crippen LogP contribution is 2.13. The Kier molecular flexibility index (Phi) is 6.52. The fourth-order valence-electron chi connectivity index (χ4n) is 2.04. The average molecular weight is 342 g/mol. The van der Waals surface area contributed by atoms with Crippen LogP contribution >= 0.6 is 11.3 Å². The molecule has 1 amide bonds. The minimum atomic E-state index is -0.866. The fourth-order valence-corrected chi connectivity index (χ4v) is 2.79. The lowest BCUT2D eigenvalue weighted by atomic mass is 10.2. The predicted molar refractivity (Wildman–Crippen MR) is 92.6 cm³/mol. The van der Waals surface area contributed by atoms with Crippen molar-refractivity contribution in [2.24, 2.45) is 0 Å². The summed E-state index contributed by atoms with van der Waals surface area (Å²) in [5, 5.41) is 13.4. The van der Waals surface area contributed by atoms with Gasteiger partial charge in [0.05, 0.1) is 11.6 Å². The minimum Gasteiger partial charge on any atom is -0.453 e. The summed E-state index contributed by atoms with van der Waals surface area (Å²) in [5.74, 6) is -0.777. The number of rotatable bonds is 7. The van der Waals surface area contributed by atoms with E-state index in [1.807, 2.05) is 23.6 Å². The number of carbonyl (C=O) groups excluding carboxylic acids is 2. The van der Waals surface area contributed by atoms with E-state index < -0.39 is 12.0 Å². The molecule has 1 aromatic carbocycles. The molecule has 0 spiro atoms. The van der Waals surface area contributed by atoms with Gasteiger partial charge in [-0.15, -0.1) is 11.3 Å². The number of benzene rings is 1. The first kappa shape index (κ1) is 17.7. The summed E-state index contributed by atoms with van der Waals surface area (Å²) in [6.45, 7) is 1.54. The summed E-state index contributed by atoms with van der Waals surface area (Å²) >= 11 is 1.66. The Morgan fingerprint density at radius 1 is 1.29 bits per heavy atom. The summed E-state index contributed by atoms with van der Waals surface area (Å²) in [4.78, 5) is 25.0. The third-order valence-electron chi connectivity index (χ3n) is 3.34. The standard InChI is InChI=1S/C18H18N2O3S/c1-13(18(22)20-15-9-7-14(12-19)8-10-15)23-17(21)6-2-4-16-5-3-11-24-16/h3,5,7-11,13H,2,4,6H2,1H3,(H,20,22)/t13-/m0/s1. The Balaban J connectivity index is 1.73. The molecule has 0 saturated heterocycles. The van der Waals surface area contributed by atoms with Gasteiger partial charge in [0.25, 0.3) is 5.91 Å². The third-order valence-corrected chi connectivity index (χ3v) is 4.28. The number of thiophene rings is 1. The molecule has 6 heteroatoms. The fraction of sp³-hybridized carbons (Fsp3) is 0.278. The summed E-state index contributed by atoms with van der Waals surface area (Å²) in [6, 6.07) is 12.5. The van der Waals surface area contributed by atoms with Crippen molar-refractivity contribution in [3.63, 3.8) is 0 Å². The summed E-state index contributed by atoms with van der Waals surface area (Å²) in [5.41, 5.74) is 1.07. The van der Waals surface area contributed by atoms with Gasteiger partial charge in [-0.2, -0.15) is 5.26 Å². The molecule has 1 heterocycles. The Bertz CT molecular complexity index is 718. The van der Waals surface area contributed by atoms with Gasteiger partial charge < -0.3 is 10.1 Å². The van der Waals surface area contributed by atoms with E-state index in [1.54, 1.807) is 35.6 Å². The predicted octanol–water partition coefficient (Wildman–Crippen LogP) is 3.51. The molecule has 2 aromatic rings. The first-order chi connectivity index (χ1) is 11.6. The maximum Gasteiger partial charge on any atom is 0.306 e. The number of carbonyl (C=O) groups is 2. The van der Waals surface area contributed by atoms with Gasteiger partial charge in [0, 0.05) is 17.0 Å². The molecule has 0 saturated carbocycles. The lowest BCUT2D eigenvalue weighted by Crippen LogP contribution is -2.29. The van der Waals surface area contributed by atoms with Gasteiger partial charge in [0.15, 0.2) is 6.10 Å². The van der Waals surface area contributed by atoms with Crippen LogP contribution in [-0.4, -0.2) is 18.0 Å². The zero-order valence-electron chi connectivity index (χ0n) is 13.3. The van der Waals surface area contributed by atoms with Crippen LogP contribution in [0.1, 0.15) is 30.2 Å². The van der Waals surface area contributed by atoms with Crippen molar-refractivity contribution in [2.75, 3.05) is 5.32 Å². The second-order valence-corrected chi connectivity index (χ2v) is 6.28. The summed E-state index contributed by atoms with van der Waals surface area (Å²) in [6.07, 6.45) is 0.948. The van der Waals surface area contributed by atoms with Crippen molar-refractivity contribution in [1.82, 2.24) is 0 Å². The molecule has 1 atom stereocenters. The highest BCUT2D eigenvalue weighted by atomic mass is 32.1. The molecule has 124 valence electrons. The number of amides is 1. The molecule has 0 aliphatic rings. The van der Waals surface area contributed by atoms with Crippen LogP contribution in [0.4, 0.5) is 5.69 Å². The monoisotopic (exact) mass is 342 g/mol. The highest BCUT2D eigenvalue weighted by Gasteiger charge is 2.17. The van der Waals surface area contributed by atoms with Crippen LogP contribution in [0.15, 0.2) is 41.8 Å². The molecule has 2 rings (SSSR count). The molecule has 24 heavy (non-hydrogen) atoms. The van der Waals surface area contributed by atoms with Crippen molar-refractivity contribution in [3.8, 4) is 6.07 Å². The Hall–Kier alpha value is -2.65. The van der Waals surface area contributed by atoms with Gasteiger partial charge in [0.2, 0.25) is 0 Å². The number of nitrogens with zero attached hydrogens (tertiary/aromatic N) is 1. The Labute approximate surface area is 144 Å². The number of anilines is 1. The van der Waals surface area contributed by atoms with Crippen molar-refractivity contribution in [2.45, 2.75) is 32.3 Å². The normalized spacial score (nSPS) is 11.3. The molecule has 1 aromatic heterocycles. The van der Waals surface area contributed by atoms with Gasteiger partial charge in [-0.1, -0.05) is 6.07 Å². The molecule has 0 aliphatic heterocycles. The number of esters is 1. The van der Waals surface area contributed by atoms with Crippen molar-refractivity contribution >= 4 is 28.9 Å². The molecule has 1 N–H and O–H groups in total. The zero-order valence-corrected chi connectivity index (χ0v) is 14.1. The van der Waals surface area contributed by atoms with Crippen molar-refractivity contribution in [3.05, 3.63) is 52.2 Å². The van der Waals surface area contributed by atoms with Crippen molar-refractivity contribution in [1.29, 1.82) is 5.26 Å². The van der Waals surface area contributed by atoms with E-state index in [0.717, 1.165) is 6.42 Å². The van der Waals surface area contributed by atoms with Crippen LogP contribution in [0.2, 0.25) is 0 Å². The van der Waals surface area contributed by atoms with Crippen LogP contribution in [0.3, 0.4) is 0 Å². The number of nitrogens with one attached hydrogen (secondary N) is 1. The largest absolute Gasteiger partial charge is 0.453 e. The molecule has 0 fully saturated rings. The summed E-state index contributed by atoms with van der Waals surface area (Å²) in [7, 11) is 0. The van der Waals surface area contributed by atoms with E-state index in [0.29, 0.717) is 17.7 Å². The quantitative estimate of drug-likeness (QED) is 0.781. The lowest BCUT2D eigenvalue weighted by molar-refractivity contribution is -0.153. The van der Waals surface area contributed by atoms with E-state index in [1.165, 1.54) is 11.8 Å². The minimum absolute atomic E-state index is 0.284. The topological polar surface area (TPSA) is 79.2 Å². The number of aryl methyl sites for hydroxylation is 1. The van der Waals surface area contributed by atoms with Crippen molar-refractivity contribution < 1.29 is 14.3 Å². The van der Waals surface area contributed by atoms with Gasteiger partial charge >= 0.3 is 5.97 Å². The molecular formula is C18H18N2O3S. The third kappa shape index (κ3) is 5.52. The molecule has 0 aliphatic carbocycles. The van der Waals surface area contributed by atoms with E-state index in [9.17, 15) is 9.59 Å².